The molecule has 4 nitrogen and oxygen atoms in total. The molecule has 0 spiro atoms. The van der Waals surface area contributed by atoms with Gasteiger partial charge in [0.15, 0.2) is 15.0 Å². The second-order valence-corrected chi connectivity index (χ2v) is 11.3. The summed E-state index contributed by atoms with van der Waals surface area (Å²) in [5.74, 6) is 0.951. The molecule has 2 heterocycles. The predicted octanol–water partition coefficient (Wildman–Crippen LogP) is 4.89. The largest absolute Gasteiger partial charge is 0.315 e. The first-order valence-corrected chi connectivity index (χ1v) is 12.5. The van der Waals surface area contributed by atoms with Crippen LogP contribution in [0.3, 0.4) is 0 Å². The fraction of sp³-hybridized carbons (Fsp3) is 0.350. The van der Waals surface area contributed by atoms with Crippen LogP contribution in [0.1, 0.15) is 16.7 Å². The molecule has 8 heteroatoms. The van der Waals surface area contributed by atoms with Crippen molar-refractivity contribution in [1.82, 2.24) is 0 Å². The molecule has 0 aliphatic carbocycles. The molecule has 0 aromatic heterocycles. The van der Waals surface area contributed by atoms with Crippen LogP contribution < -0.4 is 4.90 Å². The van der Waals surface area contributed by atoms with E-state index in [1.54, 1.807) is 17.8 Å². The van der Waals surface area contributed by atoms with Crippen LogP contribution in [-0.4, -0.2) is 37.2 Å². The summed E-state index contributed by atoms with van der Waals surface area (Å²) in [7, 11) is -3.09. The van der Waals surface area contributed by atoms with E-state index in [1.165, 1.54) is 16.7 Å². The Morgan fingerprint density at radius 3 is 2.46 bits per heavy atom. The zero-order valence-electron chi connectivity index (χ0n) is 15.5. The number of anilines is 1. The third-order valence-electron chi connectivity index (χ3n) is 5.17. The Morgan fingerprint density at radius 2 is 1.79 bits per heavy atom. The lowest BCUT2D eigenvalue weighted by Gasteiger charge is -2.27. The van der Waals surface area contributed by atoms with Crippen LogP contribution in [0.2, 0.25) is 10.0 Å². The minimum atomic E-state index is -3.09. The molecule has 1 saturated heterocycles. The fourth-order valence-electron chi connectivity index (χ4n) is 3.65. The summed E-state index contributed by atoms with van der Waals surface area (Å²) in [6.45, 7) is 4.20. The number of fused-ring (bicyclic) bond motifs is 1. The topological polar surface area (TPSA) is 49.7 Å². The number of thioether (sulfide) groups is 1. The molecule has 0 radical (unpaired) electrons. The van der Waals surface area contributed by atoms with Crippen molar-refractivity contribution in [3.63, 3.8) is 0 Å². The van der Waals surface area contributed by atoms with Crippen LogP contribution in [0, 0.1) is 13.8 Å². The third kappa shape index (κ3) is 4.06. The van der Waals surface area contributed by atoms with E-state index in [0.29, 0.717) is 10.0 Å². The molecular weight excluding hydrogens is 435 g/mol. The van der Waals surface area contributed by atoms with Crippen LogP contribution in [0.25, 0.3) is 0 Å². The Balaban J connectivity index is 1.64. The molecule has 2 aromatic carbocycles. The van der Waals surface area contributed by atoms with E-state index < -0.39 is 9.84 Å². The average molecular weight is 455 g/mol. The Bertz CT molecular complexity index is 1050. The molecular formula is C20H20Cl2N2O2S2. The van der Waals surface area contributed by atoms with E-state index in [-0.39, 0.29) is 23.6 Å². The van der Waals surface area contributed by atoms with Crippen LogP contribution in [0.4, 0.5) is 5.69 Å². The standard InChI is InChI=1S/C20H20Cl2N2O2S2/c1-12-3-4-14(5-13(12)2)9-27-20-23-18-10-28(25,26)11-19(18)24(20)17-7-15(21)6-16(22)8-17/h3-8,18-19H,9-11H2,1-2H3. The number of benzene rings is 2. The van der Waals surface area contributed by atoms with Gasteiger partial charge >= 0.3 is 0 Å². The van der Waals surface area contributed by atoms with Gasteiger partial charge in [0.2, 0.25) is 0 Å². The van der Waals surface area contributed by atoms with Crippen LogP contribution in [0.15, 0.2) is 41.4 Å². The first-order chi connectivity index (χ1) is 13.2. The zero-order valence-corrected chi connectivity index (χ0v) is 18.7. The van der Waals surface area contributed by atoms with Crippen molar-refractivity contribution in [2.24, 2.45) is 4.99 Å². The Labute approximate surface area is 179 Å². The number of hydrogen-bond donors (Lipinski definition) is 0. The highest BCUT2D eigenvalue weighted by Gasteiger charge is 2.47. The number of aliphatic imine (C=N–C) groups is 1. The number of hydrogen-bond acceptors (Lipinski definition) is 5. The van der Waals surface area contributed by atoms with E-state index in [2.05, 4.69) is 32.0 Å². The highest BCUT2D eigenvalue weighted by Crippen LogP contribution is 2.38. The minimum absolute atomic E-state index is 0.0934. The lowest BCUT2D eigenvalue weighted by atomic mass is 10.1. The first kappa shape index (κ1) is 20.1. The van der Waals surface area contributed by atoms with Gasteiger partial charge in [0.25, 0.3) is 0 Å². The van der Waals surface area contributed by atoms with Gasteiger partial charge in [-0.15, -0.1) is 0 Å². The molecule has 2 unspecified atom stereocenters. The third-order valence-corrected chi connectivity index (χ3v) is 8.35. The SMILES string of the molecule is Cc1ccc(CSC2=NC3CS(=O)(=O)CC3N2c2cc(Cl)cc(Cl)c2)cc1C. The maximum Gasteiger partial charge on any atom is 0.164 e. The maximum atomic E-state index is 12.2. The summed E-state index contributed by atoms with van der Waals surface area (Å²) in [6, 6.07) is 11.3. The van der Waals surface area contributed by atoms with Gasteiger partial charge in [0.05, 0.1) is 23.6 Å². The van der Waals surface area contributed by atoms with Crippen molar-refractivity contribution in [3.05, 3.63) is 63.1 Å². The van der Waals surface area contributed by atoms with Crippen LogP contribution in [0.5, 0.6) is 0 Å². The second kappa shape index (κ2) is 7.56. The van der Waals surface area contributed by atoms with Gasteiger partial charge in [-0.3, -0.25) is 4.99 Å². The van der Waals surface area contributed by atoms with Crippen LogP contribution >= 0.6 is 35.0 Å². The minimum Gasteiger partial charge on any atom is -0.315 e. The molecule has 2 aliphatic rings. The molecule has 1 fully saturated rings. The van der Waals surface area contributed by atoms with Gasteiger partial charge in [-0.05, 0) is 48.7 Å². The predicted molar refractivity (Wildman–Crippen MR) is 120 cm³/mol. The van der Waals surface area contributed by atoms with E-state index in [4.69, 9.17) is 28.2 Å². The lowest BCUT2D eigenvalue weighted by molar-refractivity contribution is 0.601. The number of rotatable bonds is 3. The van der Waals surface area contributed by atoms with Gasteiger partial charge in [0, 0.05) is 21.5 Å². The highest BCUT2D eigenvalue weighted by molar-refractivity contribution is 8.13. The van der Waals surface area contributed by atoms with Crippen LogP contribution in [-0.2, 0) is 15.6 Å². The number of aryl methyl sites for hydroxylation is 2. The van der Waals surface area contributed by atoms with E-state index in [9.17, 15) is 8.42 Å². The summed E-state index contributed by atoms with van der Waals surface area (Å²) in [6.07, 6.45) is 0. The molecule has 0 N–H and O–H groups in total. The smallest absolute Gasteiger partial charge is 0.164 e. The van der Waals surface area contributed by atoms with Gasteiger partial charge in [-0.2, -0.15) is 0 Å². The van der Waals surface area contributed by atoms with Crippen molar-refractivity contribution in [1.29, 1.82) is 0 Å². The van der Waals surface area contributed by atoms with Gasteiger partial charge in [-0.25, -0.2) is 8.42 Å². The molecule has 2 atom stereocenters. The summed E-state index contributed by atoms with van der Waals surface area (Å²) in [5, 5.41) is 1.86. The molecule has 2 aromatic rings. The lowest BCUT2D eigenvalue weighted by Crippen LogP contribution is -2.39. The van der Waals surface area contributed by atoms with E-state index in [0.717, 1.165) is 16.6 Å². The Hall–Kier alpha value is -1.21. The molecule has 0 saturated carbocycles. The number of nitrogens with zero attached hydrogens (tertiary/aromatic N) is 2. The number of halogens is 2. The van der Waals surface area contributed by atoms with Gasteiger partial charge in [0.1, 0.15) is 0 Å². The quantitative estimate of drug-likeness (QED) is 0.662. The Kier molecular flexibility index (Phi) is 5.42. The van der Waals surface area contributed by atoms with Gasteiger partial charge < -0.3 is 4.90 Å². The summed E-state index contributed by atoms with van der Waals surface area (Å²) in [5.41, 5.74) is 4.52. The van der Waals surface area contributed by atoms with Crippen molar-refractivity contribution in [3.8, 4) is 0 Å². The average Bonchev–Trinajstić information content (AvgIpc) is 3.06. The van der Waals surface area contributed by atoms with Crippen molar-refractivity contribution in [2.45, 2.75) is 31.7 Å². The maximum absolute atomic E-state index is 12.2. The number of amidine groups is 1. The fourth-order valence-corrected chi connectivity index (χ4v) is 7.08. The first-order valence-electron chi connectivity index (χ1n) is 8.94. The summed E-state index contributed by atoms with van der Waals surface area (Å²) >= 11 is 14.0. The van der Waals surface area contributed by atoms with Crippen molar-refractivity contribution >= 4 is 55.7 Å². The molecule has 0 amide bonds. The zero-order chi connectivity index (χ0) is 20.1. The summed E-state index contributed by atoms with van der Waals surface area (Å²) in [4.78, 5) is 6.76. The molecule has 28 heavy (non-hydrogen) atoms. The summed E-state index contributed by atoms with van der Waals surface area (Å²) < 4.78 is 24.3. The molecule has 2 aliphatic heterocycles. The second-order valence-electron chi connectivity index (χ2n) is 7.33. The van der Waals surface area contributed by atoms with E-state index >= 15 is 0 Å². The van der Waals surface area contributed by atoms with E-state index in [1.807, 2.05) is 17.0 Å². The molecule has 4 rings (SSSR count). The normalized spacial score (nSPS) is 23.0. The van der Waals surface area contributed by atoms with Crippen molar-refractivity contribution < 1.29 is 8.42 Å². The van der Waals surface area contributed by atoms with Gasteiger partial charge in [-0.1, -0.05) is 53.2 Å². The monoisotopic (exact) mass is 454 g/mol. The highest BCUT2D eigenvalue weighted by atomic mass is 35.5. The Morgan fingerprint density at radius 1 is 1.07 bits per heavy atom. The molecule has 148 valence electrons. The van der Waals surface area contributed by atoms with Crippen molar-refractivity contribution in [2.75, 3.05) is 16.4 Å². The number of sulfone groups is 1. The molecule has 0 bridgehead atoms.